The third-order valence-corrected chi connectivity index (χ3v) is 4.90. The van der Waals surface area contributed by atoms with Gasteiger partial charge >= 0.3 is 0 Å². The number of nitrogens with two attached hydrogens (primary N) is 1. The second-order valence-corrected chi connectivity index (χ2v) is 6.74. The number of aryl methyl sites for hydroxylation is 1. The third kappa shape index (κ3) is 4.60. The maximum Gasteiger partial charge on any atom is 0.124 e. The van der Waals surface area contributed by atoms with Gasteiger partial charge in [0.1, 0.15) is 5.75 Å². The van der Waals surface area contributed by atoms with Crippen molar-refractivity contribution < 1.29 is 9.84 Å². The zero-order chi connectivity index (χ0) is 17.6. The second kappa shape index (κ2) is 8.48. The lowest BCUT2D eigenvalue weighted by molar-refractivity contribution is 0.133. The minimum atomic E-state index is -0.583. The van der Waals surface area contributed by atoms with Crippen molar-refractivity contribution in [3.05, 3.63) is 65.2 Å². The molecule has 1 aliphatic heterocycles. The van der Waals surface area contributed by atoms with Gasteiger partial charge in [-0.2, -0.15) is 0 Å². The molecule has 134 valence electrons. The van der Waals surface area contributed by atoms with Gasteiger partial charge in [0.2, 0.25) is 0 Å². The van der Waals surface area contributed by atoms with Gasteiger partial charge in [0.05, 0.1) is 12.7 Å². The number of fused-ring (bicyclic) bond motifs is 1. The molecule has 4 nitrogen and oxygen atoms in total. The number of ether oxygens (including phenoxy) is 1. The smallest absolute Gasteiger partial charge is 0.124 e. The van der Waals surface area contributed by atoms with Crippen molar-refractivity contribution >= 4 is 0 Å². The van der Waals surface area contributed by atoms with E-state index in [1.54, 1.807) is 0 Å². The quantitative estimate of drug-likeness (QED) is 0.725. The molecule has 0 aromatic heterocycles. The Balaban J connectivity index is 1.58. The highest BCUT2D eigenvalue weighted by Gasteiger charge is 2.23. The van der Waals surface area contributed by atoms with Crippen molar-refractivity contribution in [2.75, 3.05) is 13.2 Å². The van der Waals surface area contributed by atoms with Crippen LogP contribution in [0.2, 0.25) is 0 Å². The van der Waals surface area contributed by atoms with Gasteiger partial charge in [0.25, 0.3) is 0 Å². The van der Waals surface area contributed by atoms with Crippen molar-refractivity contribution in [2.24, 2.45) is 5.73 Å². The zero-order valence-electron chi connectivity index (χ0n) is 14.8. The Morgan fingerprint density at radius 1 is 1.20 bits per heavy atom. The van der Waals surface area contributed by atoms with Crippen LogP contribution < -0.4 is 15.8 Å². The molecule has 0 saturated carbocycles. The summed E-state index contributed by atoms with van der Waals surface area (Å²) >= 11 is 0. The van der Waals surface area contributed by atoms with Crippen LogP contribution in [0, 0.1) is 0 Å². The first-order valence-corrected chi connectivity index (χ1v) is 9.14. The molecule has 0 aliphatic carbocycles. The van der Waals surface area contributed by atoms with E-state index in [2.05, 4.69) is 30.4 Å². The summed E-state index contributed by atoms with van der Waals surface area (Å²) in [7, 11) is 0. The molecule has 0 bridgehead atoms. The van der Waals surface area contributed by atoms with E-state index in [0.29, 0.717) is 19.6 Å². The summed E-state index contributed by atoms with van der Waals surface area (Å²) in [5.41, 5.74) is 9.83. The van der Waals surface area contributed by atoms with Gasteiger partial charge in [-0.25, -0.2) is 0 Å². The molecule has 0 amide bonds. The fourth-order valence-electron chi connectivity index (χ4n) is 3.31. The van der Waals surface area contributed by atoms with Crippen LogP contribution in [-0.2, 0) is 12.8 Å². The number of hydrogen-bond donors (Lipinski definition) is 3. The van der Waals surface area contributed by atoms with E-state index in [9.17, 15) is 5.11 Å². The molecule has 1 aliphatic rings. The number of nitrogens with one attached hydrogen (secondary N) is 1. The van der Waals surface area contributed by atoms with Crippen molar-refractivity contribution in [1.82, 2.24) is 5.32 Å². The van der Waals surface area contributed by atoms with Crippen LogP contribution in [0.4, 0.5) is 0 Å². The Bertz CT molecular complexity index is 675. The molecule has 2 aromatic rings. The maximum atomic E-state index is 10.4. The molecule has 3 rings (SSSR count). The minimum Gasteiger partial charge on any atom is -0.493 e. The van der Waals surface area contributed by atoms with Crippen molar-refractivity contribution in [2.45, 2.75) is 44.4 Å². The molecule has 25 heavy (non-hydrogen) atoms. The number of aliphatic hydroxyl groups excluding tert-OH is 1. The zero-order valence-corrected chi connectivity index (χ0v) is 14.8. The first-order chi connectivity index (χ1) is 12.2. The molecule has 0 spiro atoms. The summed E-state index contributed by atoms with van der Waals surface area (Å²) in [6, 6.07) is 16.4. The first kappa shape index (κ1) is 17.9. The Labute approximate surface area is 150 Å². The first-order valence-electron chi connectivity index (χ1n) is 9.14. The summed E-state index contributed by atoms with van der Waals surface area (Å²) in [6.45, 7) is 3.33. The van der Waals surface area contributed by atoms with Crippen LogP contribution in [0.15, 0.2) is 48.5 Å². The lowest BCUT2D eigenvalue weighted by atomic mass is 9.96. The van der Waals surface area contributed by atoms with E-state index < -0.39 is 6.10 Å². The number of rotatable bonds is 7. The second-order valence-electron chi connectivity index (χ2n) is 6.74. The van der Waals surface area contributed by atoms with Crippen molar-refractivity contribution in [3.8, 4) is 5.75 Å². The predicted octanol–water partition coefficient (Wildman–Crippen LogP) is 2.59. The van der Waals surface area contributed by atoms with Gasteiger partial charge < -0.3 is 20.9 Å². The van der Waals surface area contributed by atoms with Crippen LogP contribution in [0.1, 0.15) is 36.1 Å². The van der Waals surface area contributed by atoms with Gasteiger partial charge in [0, 0.05) is 30.6 Å². The topological polar surface area (TPSA) is 67.5 Å². The largest absolute Gasteiger partial charge is 0.493 e. The summed E-state index contributed by atoms with van der Waals surface area (Å²) in [5, 5.41) is 13.9. The van der Waals surface area contributed by atoms with Crippen LogP contribution in [-0.4, -0.2) is 30.4 Å². The average molecular weight is 340 g/mol. The van der Waals surface area contributed by atoms with Crippen LogP contribution in [0.3, 0.4) is 0 Å². The number of aliphatic hydroxyl groups is 1. The Morgan fingerprint density at radius 3 is 2.76 bits per heavy atom. The summed E-state index contributed by atoms with van der Waals surface area (Å²) in [5.74, 6) is 0.948. The number of benzene rings is 2. The van der Waals surface area contributed by atoms with Gasteiger partial charge in [-0.05, 0) is 30.0 Å². The standard InChI is InChI=1S/C21H28N2O2/c1-2-15-8-9-21-17(12-15)19(10-11-25-21)23-14-20(24)18(22)13-16-6-4-3-5-7-16/h3-9,12,18-20,23-24H,2,10-11,13-14,22H2,1H3/t18-,19-,20+/m0/s1. The van der Waals surface area contributed by atoms with Crippen LogP contribution in [0.5, 0.6) is 5.75 Å². The molecule has 0 saturated heterocycles. The van der Waals surface area contributed by atoms with Gasteiger partial charge in [-0.3, -0.25) is 0 Å². The van der Waals surface area contributed by atoms with E-state index in [0.717, 1.165) is 24.2 Å². The fraction of sp³-hybridized carbons (Fsp3) is 0.429. The monoisotopic (exact) mass is 340 g/mol. The highest BCUT2D eigenvalue weighted by molar-refractivity contribution is 5.40. The molecule has 0 fully saturated rings. The molecular weight excluding hydrogens is 312 g/mol. The van der Waals surface area contributed by atoms with Gasteiger partial charge in [-0.15, -0.1) is 0 Å². The lowest BCUT2D eigenvalue weighted by Crippen LogP contribution is -2.44. The third-order valence-electron chi connectivity index (χ3n) is 4.90. The Hall–Kier alpha value is -1.88. The van der Waals surface area contributed by atoms with Crippen molar-refractivity contribution in [1.29, 1.82) is 0 Å². The molecule has 0 radical (unpaired) electrons. The van der Waals surface area contributed by atoms with Crippen LogP contribution >= 0.6 is 0 Å². The van der Waals surface area contributed by atoms with E-state index in [1.165, 1.54) is 11.1 Å². The lowest BCUT2D eigenvalue weighted by Gasteiger charge is -2.29. The summed E-state index contributed by atoms with van der Waals surface area (Å²) < 4.78 is 5.76. The maximum absolute atomic E-state index is 10.4. The predicted molar refractivity (Wildman–Crippen MR) is 101 cm³/mol. The van der Waals surface area contributed by atoms with Gasteiger partial charge in [-0.1, -0.05) is 49.4 Å². The van der Waals surface area contributed by atoms with Crippen LogP contribution in [0.25, 0.3) is 0 Å². The van der Waals surface area contributed by atoms with E-state index >= 15 is 0 Å². The number of hydrogen-bond acceptors (Lipinski definition) is 4. The molecular formula is C21H28N2O2. The average Bonchev–Trinajstić information content (AvgIpc) is 2.66. The molecule has 3 atom stereocenters. The molecule has 4 heteroatoms. The van der Waals surface area contributed by atoms with E-state index in [-0.39, 0.29) is 12.1 Å². The molecule has 4 N–H and O–H groups in total. The molecule has 0 unspecified atom stereocenters. The van der Waals surface area contributed by atoms with E-state index in [1.807, 2.05) is 30.3 Å². The minimum absolute atomic E-state index is 0.203. The van der Waals surface area contributed by atoms with E-state index in [4.69, 9.17) is 10.5 Å². The highest BCUT2D eigenvalue weighted by Crippen LogP contribution is 2.32. The Kier molecular flexibility index (Phi) is 6.08. The summed E-state index contributed by atoms with van der Waals surface area (Å²) in [4.78, 5) is 0. The summed E-state index contributed by atoms with van der Waals surface area (Å²) in [6.07, 6.45) is 2.00. The molecule has 2 aromatic carbocycles. The molecule has 1 heterocycles. The Morgan fingerprint density at radius 2 is 2.00 bits per heavy atom. The normalized spacial score (nSPS) is 18.9. The fourth-order valence-corrected chi connectivity index (χ4v) is 3.31. The van der Waals surface area contributed by atoms with Gasteiger partial charge in [0.15, 0.2) is 0 Å². The highest BCUT2D eigenvalue weighted by atomic mass is 16.5. The SMILES string of the molecule is CCc1ccc2c(c1)[C@@H](NC[C@@H](O)[C@@H](N)Cc1ccccc1)CCO2. The van der Waals surface area contributed by atoms with Crippen molar-refractivity contribution in [3.63, 3.8) is 0 Å².